The maximum Gasteiger partial charge on any atom is 0.211 e. The second kappa shape index (κ2) is 7.09. The highest BCUT2D eigenvalue weighted by atomic mass is 16.4. The third-order valence-corrected chi connectivity index (χ3v) is 1.67. The fourth-order valence-corrected chi connectivity index (χ4v) is 0.794. The molecule has 0 aliphatic heterocycles. The molecular formula is C7H16N4O5. The molecule has 0 spiro atoms. The molecule has 0 aliphatic rings. The summed E-state index contributed by atoms with van der Waals surface area (Å²) in [6, 6.07) is 0. The first-order valence-electron chi connectivity index (χ1n) is 4.35. The molecule has 94 valence electrons. The lowest BCUT2D eigenvalue weighted by molar-refractivity contribution is -0.0999. The lowest BCUT2D eigenvalue weighted by atomic mass is 10.0. The van der Waals surface area contributed by atoms with E-state index in [1.807, 2.05) is 0 Å². The summed E-state index contributed by atoms with van der Waals surface area (Å²) < 4.78 is 0. The fraction of sp³-hybridized carbons (Fsp3) is 0.714. The maximum absolute atomic E-state index is 9.28. The molecule has 0 unspecified atom stereocenters. The van der Waals surface area contributed by atoms with Crippen LogP contribution in [0.2, 0.25) is 0 Å². The van der Waals surface area contributed by atoms with Crippen LogP contribution in [0.15, 0.2) is 10.2 Å². The van der Waals surface area contributed by atoms with Crippen molar-refractivity contribution in [1.29, 1.82) is 0 Å². The number of rotatable bonds is 6. The van der Waals surface area contributed by atoms with Gasteiger partial charge in [-0.15, -0.1) is 5.10 Å². The molecule has 0 radical (unpaired) electrons. The van der Waals surface area contributed by atoms with Crippen LogP contribution in [-0.4, -0.2) is 68.7 Å². The van der Waals surface area contributed by atoms with Crippen LogP contribution in [0, 0.1) is 0 Å². The first kappa shape index (κ1) is 14.7. The monoisotopic (exact) mass is 236 g/mol. The Morgan fingerprint density at radius 1 is 1.12 bits per heavy atom. The highest BCUT2D eigenvalue weighted by Gasteiger charge is 2.28. The fourth-order valence-electron chi connectivity index (χ4n) is 0.794. The third-order valence-electron chi connectivity index (χ3n) is 1.67. The van der Waals surface area contributed by atoms with E-state index < -0.39 is 31.0 Å². The van der Waals surface area contributed by atoms with Gasteiger partial charge in [0, 0.05) is 0 Å². The van der Waals surface area contributed by atoms with Gasteiger partial charge in [0.1, 0.15) is 24.4 Å². The molecule has 9 N–H and O–H groups in total. The van der Waals surface area contributed by atoms with Crippen LogP contribution in [-0.2, 0) is 0 Å². The molecule has 0 amide bonds. The van der Waals surface area contributed by atoms with Crippen molar-refractivity contribution in [3.05, 3.63) is 0 Å². The molecule has 0 heterocycles. The van der Waals surface area contributed by atoms with E-state index in [1.165, 1.54) is 0 Å². The molecule has 0 saturated heterocycles. The average molecular weight is 236 g/mol. The van der Waals surface area contributed by atoms with Crippen LogP contribution in [0.3, 0.4) is 0 Å². The summed E-state index contributed by atoms with van der Waals surface area (Å²) in [6.45, 7) is -0.754. The highest BCUT2D eigenvalue weighted by Crippen LogP contribution is 2.03. The summed E-state index contributed by atoms with van der Waals surface area (Å²) in [5.41, 5.74) is 9.86. The number of nitrogens with two attached hydrogens (primary N) is 2. The van der Waals surface area contributed by atoms with Gasteiger partial charge in [-0.25, -0.2) is 0 Å². The van der Waals surface area contributed by atoms with E-state index in [4.69, 9.17) is 21.7 Å². The molecule has 0 fully saturated rings. The first-order chi connectivity index (χ1) is 7.40. The van der Waals surface area contributed by atoms with Crippen molar-refractivity contribution in [3.8, 4) is 0 Å². The zero-order valence-corrected chi connectivity index (χ0v) is 8.38. The molecule has 16 heavy (non-hydrogen) atoms. The third kappa shape index (κ3) is 5.00. The van der Waals surface area contributed by atoms with Gasteiger partial charge in [0.15, 0.2) is 0 Å². The number of hydrogen-bond donors (Lipinski definition) is 7. The highest BCUT2D eigenvalue weighted by molar-refractivity contribution is 5.76. The van der Waals surface area contributed by atoms with Gasteiger partial charge in [-0.1, -0.05) is 0 Å². The van der Waals surface area contributed by atoms with Gasteiger partial charge in [-0.3, -0.25) is 0 Å². The lowest BCUT2D eigenvalue weighted by Gasteiger charge is -2.23. The predicted molar refractivity (Wildman–Crippen MR) is 55.4 cm³/mol. The Morgan fingerprint density at radius 3 is 2.12 bits per heavy atom. The zero-order chi connectivity index (χ0) is 12.7. The summed E-state index contributed by atoms with van der Waals surface area (Å²) in [6.07, 6.45) is -5.82. The second-order valence-corrected chi connectivity index (χ2v) is 3.01. The van der Waals surface area contributed by atoms with E-state index >= 15 is 0 Å². The molecule has 0 bridgehead atoms. The van der Waals surface area contributed by atoms with Crippen LogP contribution in [0.1, 0.15) is 0 Å². The van der Waals surface area contributed by atoms with Crippen LogP contribution >= 0.6 is 0 Å². The Labute approximate surface area is 91.3 Å². The van der Waals surface area contributed by atoms with Gasteiger partial charge in [0.2, 0.25) is 5.96 Å². The maximum atomic E-state index is 9.28. The predicted octanol–water partition coefficient (Wildman–Crippen LogP) is -4.32. The second-order valence-electron chi connectivity index (χ2n) is 3.01. The van der Waals surface area contributed by atoms with E-state index in [1.54, 1.807) is 0 Å². The minimum atomic E-state index is -1.72. The van der Waals surface area contributed by atoms with E-state index in [2.05, 4.69) is 10.2 Å². The van der Waals surface area contributed by atoms with Gasteiger partial charge >= 0.3 is 0 Å². The number of aliphatic hydroxyl groups is 5. The van der Waals surface area contributed by atoms with Crippen LogP contribution in [0.5, 0.6) is 0 Å². The molecule has 0 aliphatic carbocycles. The molecule has 0 aromatic carbocycles. The summed E-state index contributed by atoms with van der Waals surface area (Å²) in [7, 11) is 0. The summed E-state index contributed by atoms with van der Waals surface area (Å²) >= 11 is 0. The summed E-state index contributed by atoms with van der Waals surface area (Å²) in [5.74, 6) is -0.339. The van der Waals surface area contributed by atoms with Crippen molar-refractivity contribution >= 4 is 12.2 Å². The standard InChI is InChI=1S/C7H16N4O5/c8-7(9)11-10-1-3(13)5(15)6(16)4(14)2-12/h1,3-6,12-16H,2H2,(H4,8,9,11)/b10-1+/t3-,4+,5-,6+/m1/s1. The largest absolute Gasteiger partial charge is 0.394 e. The molecule has 0 rings (SSSR count). The van der Waals surface area contributed by atoms with Crippen molar-refractivity contribution in [2.24, 2.45) is 21.7 Å². The van der Waals surface area contributed by atoms with E-state index in [-0.39, 0.29) is 5.96 Å². The Bertz CT molecular complexity index is 255. The smallest absolute Gasteiger partial charge is 0.211 e. The lowest BCUT2D eigenvalue weighted by Crippen LogP contribution is -2.46. The van der Waals surface area contributed by atoms with Crippen molar-refractivity contribution < 1.29 is 25.5 Å². The zero-order valence-electron chi connectivity index (χ0n) is 8.38. The normalized spacial score (nSPS) is 19.1. The number of guanidine groups is 1. The SMILES string of the molecule is NC(N)=N/N=C/[C@@H](O)[C@@H](O)[C@@H](O)[C@@H](O)CO. The molecule has 0 aromatic rings. The quantitative estimate of drug-likeness (QED) is 0.138. The van der Waals surface area contributed by atoms with Gasteiger partial charge in [-0.2, -0.15) is 5.10 Å². The number of nitrogens with zero attached hydrogens (tertiary/aromatic N) is 2. The number of hydrogen-bond acceptors (Lipinski definition) is 7. The Morgan fingerprint density at radius 2 is 1.69 bits per heavy atom. The topological polar surface area (TPSA) is 178 Å². The Hall–Kier alpha value is -1.26. The molecule has 4 atom stereocenters. The van der Waals surface area contributed by atoms with E-state index in [0.717, 1.165) is 6.21 Å². The van der Waals surface area contributed by atoms with Crippen molar-refractivity contribution in [2.45, 2.75) is 24.4 Å². The average Bonchev–Trinajstić information content (AvgIpc) is 2.25. The molecule has 0 aromatic heterocycles. The minimum Gasteiger partial charge on any atom is -0.394 e. The first-order valence-corrected chi connectivity index (χ1v) is 4.35. The van der Waals surface area contributed by atoms with Crippen molar-refractivity contribution in [1.82, 2.24) is 0 Å². The molecular weight excluding hydrogens is 220 g/mol. The van der Waals surface area contributed by atoms with E-state index in [9.17, 15) is 15.3 Å². The van der Waals surface area contributed by atoms with E-state index in [0.29, 0.717) is 0 Å². The Balaban J connectivity index is 4.32. The van der Waals surface area contributed by atoms with Crippen molar-refractivity contribution in [3.63, 3.8) is 0 Å². The summed E-state index contributed by atoms with van der Waals surface area (Å²) in [4.78, 5) is 0. The van der Waals surface area contributed by atoms with Gasteiger partial charge < -0.3 is 37.0 Å². The van der Waals surface area contributed by atoms with Gasteiger partial charge in [0.05, 0.1) is 12.8 Å². The molecule has 9 nitrogen and oxygen atoms in total. The van der Waals surface area contributed by atoms with Gasteiger partial charge in [-0.05, 0) is 0 Å². The van der Waals surface area contributed by atoms with Gasteiger partial charge in [0.25, 0.3) is 0 Å². The molecule has 0 saturated carbocycles. The van der Waals surface area contributed by atoms with Crippen LogP contribution in [0.25, 0.3) is 0 Å². The van der Waals surface area contributed by atoms with Crippen LogP contribution in [0.4, 0.5) is 0 Å². The minimum absolute atomic E-state index is 0.339. The van der Waals surface area contributed by atoms with Crippen molar-refractivity contribution in [2.75, 3.05) is 6.61 Å². The Kier molecular flexibility index (Phi) is 6.53. The van der Waals surface area contributed by atoms with Crippen LogP contribution < -0.4 is 11.5 Å². The number of aliphatic hydroxyl groups excluding tert-OH is 5. The molecule has 9 heteroatoms. The summed E-state index contributed by atoms with van der Waals surface area (Å²) in [5, 5.41) is 51.5.